The Morgan fingerprint density at radius 1 is 1.10 bits per heavy atom. The summed E-state index contributed by atoms with van der Waals surface area (Å²) in [6.07, 6.45) is 1.25. The molecule has 2 aromatic carbocycles. The maximum Gasteiger partial charge on any atom is 0.269 e. The number of benzene rings is 2. The van der Waals surface area contributed by atoms with Gasteiger partial charge in [-0.3, -0.25) is 19.9 Å². The van der Waals surface area contributed by atoms with E-state index in [9.17, 15) is 14.9 Å². The molecule has 1 aliphatic heterocycles. The lowest BCUT2D eigenvalue weighted by molar-refractivity contribution is -0.384. The summed E-state index contributed by atoms with van der Waals surface area (Å²) >= 11 is 0. The lowest BCUT2D eigenvalue weighted by Gasteiger charge is -2.37. The van der Waals surface area contributed by atoms with Crippen molar-refractivity contribution < 1.29 is 9.72 Å². The highest BCUT2D eigenvalue weighted by atomic mass is 16.6. The van der Waals surface area contributed by atoms with Crippen LogP contribution in [0.3, 0.4) is 0 Å². The van der Waals surface area contributed by atoms with Crippen molar-refractivity contribution in [1.82, 2.24) is 0 Å². The number of ketones is 1. The highest BCUT2D eigenvalue weighted by molar-refractivity contribution is 6.10. The van der Waals surface area contributed by atoms with E-state index in [0.717, 1.165) is 40.2 Å². The van der Waals surface area contributed by atoms with Crippen molar-refractivity contribution in [2.24, 2.45) is 16.3 Å². The van der Waals surface area contributed by atoms with Crippen LogP contribution in [-0.4, -0.2) is 16.4 Å². The van der Waals surface area contributed by atoms with Crippen LogP contribution in [0.5, 0.6) is 0 Å². The van der Waals surface area contributed by atoms with Crippen molar-refractivity contribution in [3.05, 3.63) is 63.2 Å². The number of carbonyl (C=O) groups is 1. The number of nitrogens with one attached hydrogen (secondary N) is 1. The molecule has 1 aliphatic carbocycles. The van der Waals surface area contributed by atoms with Crippen molar-refractivity contribution in [3.63, 3.8) is 0 Å². The molecule has 6 heteroatoms. The number of nitro groups is 1. The van der Waals surface area contributed by atoms with Gasteiger partial charge >= 0.3 is 0 Å². The molecule has 1 saturated carbocycles. The predicted molar refractivity (Wildman–Crippen MR) is 114 cm³/mol. The number of carbonyl (C=O) groups excluding carboxylic acids is 1. The lowest BCUT2D eigenvalue weighted by Crippen LogP contribution is -2.42. The Morgan fingerprint density at radius 3 is 2.41 bits per heavy atom. The van der Waals surface area contributed by atoms with Crippen LogP contribution in [0.15, 0.2) is 41.4 Å². The molecular weight excluding hydrogens is 366 g/mol. The third kappa shape index (κ3) is 3.55. The van der Waals surface area contributed by atoms with Crippen molar-refractivity contribution in [2.45, 2.75) is 46.6 Å². The molecular formula is C23H25N3O3. The average molecular weight is 391 g/mol. The summed E-state index contributed by atoms with van der Waals surface area (Å²) in [5.74, 6) is -0.213. The number of anilines is 1. The summed E-state index contributed by atoms with van der Waals surface area (Å²) in [5.41, 5.74) is 5.70. The van der Waals surface area contributed by atoms with Crippen LogP contribution < -0.4 is 5.32 Å². The van der Waals surface area contributed by atoms with Crippen molar-refractivity contribution in [1.29, 1.82) is 0 Å². The number of rotatable bonds is 2. The molecule has 0 amide bonds. The molecule has 0 bridgehead atoms. The van der Waals surface area contributed by atoms with E-state index >= 15 is 0 Å². The minimum absolute atomic E-state index is 0.0410. The highest BCUT2D eigenvalue weighted by Gasteiger charge is 2.44. The van der Waals surface area contributed by atoms with Gasteiger partial charge in [0.1, 0.15) is 5.78 Å². The maximum atomic E-state index is 13.2. The second kappa shape index (κ2) is 6.79. The van der Waals surface area contributed by atoms with Gasteiger partial charge in [0.25, 0.3) is 5.69 Å². The van der Waals surface area contributed by atoms with Crippen LogP contribution in [0.2, 0.25) is 0 Å². The number of aliphatic imine (C=N–C) groups is 1. The molecule has 0 saturated heterocycles. The van der Waals surface area contributed by atoms with E-state index in [-0.39, 0.29) is 28.8 Å². The fourth-order valence-corrected chi connectivity index (χ4v) is 4.41. The SMILES string of the molecule is Cc1cc2c(cc1C)N[C@@H](c1ccc([N+](=O)[O-])cc1)C1C(=O)CC(C)(C)CC1=N2. The maximum absolute atomic E-state index is 13.2. The molecule has 2 aromatic rings. The number of Topliss-reactive ketones (excluding diaryl/α,β-unsaturated/α-hetero) is 1. The zero-order valence-electron chi connectivity index (χ0n) is 17.2. The summed E-state index contributed by atoms with van der Waals surface area (Å²) in [5, 5.41) is 14.6. The lowest BCUT2D eigenvalue weighted by atomic mass is 9.68. The molecule has 1 fully saturated rings. The Labute approximate surface area is 170 Å². The van der Waals surface area contributed by atoms with Crippen LogP contribution in [-0.2, 0) is 4.79 Å². The Morgan fingerprint density at radius 2 is 1.76 bits per heavy atom. The van der Waals surface area contributed by atoms with Gasteiger partial charge in [0.05, 0.1) is 28.3 Å². The molecule has 1 N–H and O–H groups in total. The number of nitro benzene ring substituents is 1. The first kappa shape index (κ1) is 19.3. The van der Waals surface area contributed by atoms with Crippen LogP contribution in [0.25, 0.3) is 0 Å². The van der Waals surface area contributed by atoms with Crippen LogP contribution in [0, 0.1) is 35.3 Å². The topological polar surface area (TPSA) is 84.6 Å². The molecule has 29 heavy (non-hydrogen) atoms. The van der Waals surface area contributed by atoms with Crippen LogP contribution in [0.4, 0.5) is 17.1 Å². The predicted octanol–water partition coefficient (Wildman–Crippen LogP) is 5.46. The quantitative estimate of drug-likeness (QED) is 0.544. The summed E-state index contributed by atoms with van der Waals surface area (Å²) in [7, 11) is 0. The summed E-state index contributed by atoms with van der Waals surface area (Å²) in [6, 6.07) is 10.3. The summed E-state index contributed by atoms with van der Waals surface area (Å²) < 4.78 is 0. The Kier molecular flexibility index (Phi) is 4.52. The minimum atomic E-state index is -0.410. The number of hydrogen-bond donors (Lipinski definition) is 1. The Bertz CT molecular complexity index is 1040. The van der Waals surface area contributed by atoms with Gasteiger partial charge in [0.15, 0.2) is 0 Å². The molecule has 4 rings (SSSR count). The molecule has 1 unspecified atom stereocenters. The number of nitrogens with zero attached hydrogens (tertiary/aromatic N) is 2. The van der Waals surface area contributed by atoms with Gasteiger partial charge in [-0.05, 0) is 54.5 Å². The van der Waals surface area contributed by atoms with E-state index < -0.39 is 4.92 Å². The van der Waals surface area contributed by atoms with Crippen LogP contribution >= 0.6 is 0 Å². The highest BCUT2D eigenvalue weighted by Crippen LogP contribution is 2.45. The van der Waals surface area contributed by atoms with E-state index in [0.29, 0.717) is 6.42 Å². The zero-order valence-corrected chi connectivity index (χ0v) is 17.2. The van der Waals surface area contributed by atoms with E-state index in [1.807, 2.05) is 0 Å². The molecule has 2 atom stereocenters. The first-order chi connectivity index (χ1) is 13.6. The minimum Gasteiger partial charge on any atom is -0.375 e. The number of non-ortho nitro benzene ring substituents is 1. The van der Waals surface area contributed by atoms with Gasteiger partial charge in [-0.1, -0.05) is 26.0 Å². The molecule has 0 radical (unpaired) electrons. The number of fused-ring (bicyclic) bond motifs is 2. The second-order valence-corrected chi connectivity index (χ2v) is 8.99. The first-order valence-corrected chi connectivity index (χ1v) is 9.87. The van der Waals surface area contributed by atoms with Gasteiger partial charge < -0.3 is 5.32 Å². The van der Waals surface area contributed by atoms with Gasteiger partial charge in [0.2, 0.25) is 0 Å². The van der Waals surface area contributed by atoms with E-state index in [1.165, 1.54) is 12.1 Å². The number of aryl methyl sites for hydroxylation is 2. The first-order valence-electron chi connectivity index (χ1n) is 9.87. The van der Waals surface area contributed by atoms with E-state index in [1.54, 1.807) is 12.1 Å². The fourth-order valence-electron chi connectivity index (χ4n) is 4.41. The fraction of sp³-hybridized carbons (Fsp3) is 0.391. The van der Waals surface area contributed by atoms with Crippen molar-refractivity contribution in [3.8, 4) is 0 Å². The van der Waals surface area contributed by atoms with Gasteiger partial charge in [0, 0.05) is 24.3 Å². The summed E-state index contributed by atoms with van der Waals surface area (Å²) in [4.78, 5) is 28.8. The molecule has 6 nitrogen and oxygen atoms in total. The Hall–Kier alpha value is -3.02. The van der Waals surface area contributed by atoms with E-state index in [4.69, 9.17) is 4.99 Å². The zero-order chi connectivity index (χ0) is 20.9. The third-order valence-corrected chi connectivity index (χ3v) is 6.00. The third-order valence-electron chi connectivity index (χ3n) is 6.00. The van der Waals surface area contributed by atoms with E-state index in [2.05, 4.69) is 45.1 Å². The van der Waals surface area contributed by atoms with Gasteiger partial charge in [-0.25, -0.2) is 0 Å². The van der Waals surface area contributed by atoms with Crippen molar-refractivity contribution >= 4 is 28.6 Å². The molecule has 0 spiro atoms. The normalized spacial score (nSPS) is 22.6. The van der Waals surface area contributed by atoms with Gasteiger partial charge in [-0.15, -0.1) is 0 Å². The standard InChI is InChI=1S/C23H25N3O3/c1-13-9-17-18(10-14(13)2)25-22(15-5-7-16(8-6-15)26(28)29)21-19(24-17)11-23(3,4)12-20(21)27/h5-10,21-22,25H,11-12H2,1-4H3/t21?,22-/m0/s1. The molecule has 150 valence electrons. The monoisotopic (exact) mass is 391 g/mol. The average Bonchev–Trinajstić information content (AvgIpc) is 2.78. The van der Waals surface area contributed by atoms with Crippen molar-refractivity contribution in [2.75, 3.05) is 5.32 Å². The number of hydrogen-bond acceptors (Lipinski definition) is 5. The summed E-state index contributed by atoms with van der Waals surface area (Å²) in [6.45, 7) is 8.31. The van der Waals surface area contributed by atoms with Crippen LogP contribution in [0.1, 0.15) is 49.4 Å². The second-order valence-electron chi connectivity index (χ2n) is 8.99. The smallest absolute Gasteiger partial charge is 0.269 e. The molecule has 1 heterocycles. The Balaban J connectivity index is 1.86. The molecule has 0 aromatic heterocycles. The largest absolute Gasteiger partial charge is 0.375 e. The van der Waals surface area contributed by atoms with Gasteiger partial charge in [-0.2, -0.15) is 0 Å². The molecule has 2 aliphatic rings.